The molecule has 0 aliphatic carbocycles. The van der Waals surface area contributed by atoms with Gasteiger partial charge < -0.3 is 9.47 Å². The van der Waals surface area contributed by atoms with Gasteiger partial charge in [-0.1, -0.05) is 30.8 Å². The van der Waals surface area contributed by atoms with Crippen molar-refractivity contribution in [3.05, 3.63) is 34.6 Å². The Morgan fingerprint density at radius 1 is 1.30 bits per heavy atom. The number of carbonyl (C=O) groups excluding carboxylic acids is 1. The molecular formula is C17H21N3O2S. The minimum atomic E-state index is -0.145. The highest BCUT2D eigenvalue weighted by molar-refractivity contribution is 7.99. The van der Waals surface area contributed by atoms with Gasteiger partial charge in [-0.25, -0.2) is 4.98 Å². The van der Waals surface area contributed by atoms with Gasteiger partial charge in [-0.15, -0.1) is 0 Å². The third kappa shape index (κ3) is 3.42. The van der Waals surface area contributed by atoms with Gasteiger partial charge in [0.1, 0.15) is 0 Å². The molecule has 0 atom stereocenters. The third-order valence-electron chi connectivity index (χ3n) is 4.42. The number of nitrogens with zero attached hydrogens (tertiary/aromatic N) is 3. The first-order valence-corrected chi connectivity index (χ1v) is 8.91. The van der Waals surface area contributed by atoms with E-state index in [4.69, 9.17) is 0 Å². The normalized spacial score (nSPS) is 16.0. The number of likely N-dealkylation sites (tertiary alicyclic amines) is 1. The van der Waals surface area contributed by atoms with Gasteiger partial charge in [0.15, 0.2) is 5.03 Å². The summed E-state index contributed by atoms with van der Waals surface area (Å²) in [7, 11) is 1.74. The molecule has 2 heterocycles. The first-order valence-electron chi connectivity index (χ1n) is 7.92. The second kappa shape index (κ2) is 6.74. The monoisotopic (exact) mass is 331 g/mol. The average Bonchev–Trinajstić information content (AvgIpc) is 2.57. The fraction of sp³-hybridized carbons (Fsp3) is 0.471. The zero-order valence-electron chi connectivity index (χ0n) is 13.5. The molecule has 0 unspecified atom stereocenters. The minimum absolute atomic E-state index is 0.0962. The van der Waals surface area contributed by atoms with Crippen LogP contribution >= 0.6 is 11.8 Å². The van der Waals surface area contributed by atoms with Crippen LogP contribution in [0.3, 0.4) is 0 Å². The highest BCUT2D eigenvalue weighted by Crippen LogP contribution is 2.19. The Kier molecular flexibility index (Phi) is 4.71. The lowest BCUT2D eigenvalue weighted by molar-refractivity contribution is -0.129. The second-order valence-corrected chi connectivity index (χ2v) is 7.09. The summed E-state index contributed by atoms with van der Waals surface area (Å²) in [5, 5.41) is 0.393. The van der Waals surface area contributed by atoms with Crippen molar-refractivity contribution in [2.45, 2.75) is 24.8 Å². The molecule has 0 N–H and O–H groups in total. The Morgan fingerprint density at radius 3 is 2.74 bits per heavy atom. The quantitative estimate of drug-likeness (QED) is 0.810. The summed E-state index contributed by atoms with van der Waals surface area (Å²) in [6, 6.07) is 7.54. The van der Waals surface area contributed by atoms with Gasteiger partial charge in [-0.3, -0.25) is 9.59 Å². The molecule has 1 aromatic heterocycles. The Bertz CT molecular complexity index is 779. The Balaban J connectivity index is 1.73. The summed E-state index contributed by atoms with van der Waals surface area (Å²) in [5.41, 5.74) is 1.43. The topological polar surface area (TPSA) is 55.2 Å². The SMILES string of the molecule is CC1CCN(C(=O)CSc2nc3ccccc3n(C)c2=O)CC1. The van der Waals surface area contributed by atoms with Crippen LogP contribution in [0, 0.1) is 5.92 Å². The first kappa shape index (κ1) is 16.1. The Morgan fingerprint density at radius 2 is 2.00 bits per heavy atom. The van der Waals surface area contributed by atoms with Gasteiger partial charge in [0.2, 0.25) is 5.91 Å². The number of aryl methyl sites for hydroxylation is 1. The van der Waals surface area contributed by atoms with Crippen LogP contribution in [0.25, 0.3) is 11.0 Å². The maximum Gasteiger partial charge on any atom is 0.283 e. The number of carbonyl (C=O) groups is 1. The number of rotatable bonds is 3. The summed E-state index contributed by atoms with van der Waals surface area (Å²) < 4.78 is 1.59. The molecule has 2 aromatic rings. The molecule has 1 saturated heterocycles. The van der Waals surface area contributed by atoms with E-state index in [1.807, 2.05) is 29.2 Å². The van der Waals surface area contributed by atoms with E-state index in [0.29, 0.717) is 10.9 Å². The van der Waals surface area contributed by atoms with Crippen LogP contribution in [0.4, 0.5) is 0 Å². The lowest BCUT2D eigenvalue weighted by Gasteiger charge is -2.30. The van der Waals surface area contributed by atoms with Gasteiger partial charge in [-0.05, 0) is 30.9 Å². The van der Waals surface area contributed by atoms with E-state index in [1.165, 1.54) is 11.8 Å². The molecule has 3 rings (SSSR count). The lowest BCUT2D eigenvalue weighted by atomic mass is 9.99. The number of aromatic nitrogens is 2. The number of thioether (sulfide) groups is 1. The van der Waals surface area contributed by atoms with Gasteiger partial charge >= 0.3 is 0 Å². The maximum atomic E-state index is 12.4. The molecule has 6 heteroatoms. The van der Waals surface area contributed by atoms with Crippen molar-refractivity contribution in [2.24, 2.45) is 13.0 Å². The van der Waals surface area contributed by atoms with E-state index >= 15 is 0 Å². The average molecular weight is 331 g/mol. The smallest absolute Gasteiger partial charge is 0.283 e. The summed E-state index contributed by atoms with van der Waals surface area (Å²) in [6.07, 6.45) is 2.12. The first-order chi connectivity index (χ1) is 11.1. The van der Waals surface area contributed by atoms with E-state index < -0.39 is 0 Å². The molecule has 1 fully saturated rings. The van der Waals surface area contributed by atoms with Crippen LogP contribution in [-0.4, -0.2) is 39.2 Å². The molecule has 0 bridgehead atoms. The highest BCUT2D eigenvalue weighted by atomic mass is 32.2. The second-order valence-electron chi connectivity index (χ2n) is 6.12. The standard InChI is InChI=1S/C17H21N3O2S/c1-12-7-9-20(10-8-12)15(21)11-23-16-17(22)19(2)14-6-4-3-5-13(14)18-16/h3-6,12H,7-11H2,1-2H3. The predicted octanol–water partition coefficient (Wildman–Crippen LogP) is 2.28. The van der Waals surface area contributed by atoms with E-state index in [9.17, 15) is 9.59 Å². The van der Waals surface area contributed by atoms with Crippen molar-refractivity contribution in [3.63, 3.8) is 0 Å². The van der Waals surface area contributed by atoms with Crippen molar-refractivity contribution >= 4 is 28.7 Å². The molecule has 0 spiro atoms. The fourth-order valence-corrected chi connectivity index (χ4v) is 3.69. The Labute approximate surface area is 139 Å². The summed E-state index contributed by atoms with van der Waals surface area (Å²) in [4.78, 5) is 31.0. The van der Waals surface area contributed by atoms with Gasteiger partial charge in [0.05, 0.1) is 16.8 Å². The highest BCUT2D eigenvalue weighted by Gasteiger charge is 2.21. The zero-order chi connectivity index (χ0) is 16.4. The van der Waals surface area contributed by atoms with Crippen LogP contribution in [0.1, 0.15) is 19.8 Å². The van der Waals surface area contributed by atoms with Crippen LogP contribution < -0.4 is 5.56 Å². The van der Waals surface area contributed by atoms with Gasteiger partial charge in [0.25, 0.3) is 5.56 Å². The minimum Gasteiger partial charge on any atom is -0.342 e. The van der Waals surface area contributed by atoms with E-state index in [-0.39, 0.29) is 17.2 Å². The van der Waals surface area contributed by atoms with E-state index in [2.05, 4.69) is 11.9 Å². The molecule has 1 aliphatic rings. The largest absolute Gasteiger partial charge is 0.342 e. The lowest BCUT2D eigenvalue weighted by Crippen LogP contribution is -2.39. The van der Waals surface area contributed by atoms with E-state index in [1.54, 1.807) is 11.6 Å². The van der Waals surface area contributed by atoms with Gasteiger partial charge in [0, 0.05) is 20.1 Å². The summed E-state index contributed by atoms with van der Waals surface area (Å²) >= 11 is 1.24. The molecule has 1 aromatic carbocycles. The number of fused-ring (bicyclic) bond motifs is 1. The van der Waals surface area contributed by atoms with Crippen LogP contribution in [-0.2, 0) is 11.8 Å². The van der Waals surface area contributed by atoms with Crippen molar-refractivity contribution < 1.29 is 4.79 Å². The fourth-order valence-electron chi connectivity index (χ4n) is 2.83. The van der Waals surface area contributed by atoms with Crippen molar-refractivity contribution in [1.82, 2.24) is 14.5 Å². The van der Waals surface area contributed by atoms with Crippen LogP contribution in [0.15, 0.2) is 34.1 Å². The molecule has 0 radical (unpaired) electrons. The predicted molar refractivity (Wildman–Crippen MR) is 92.7 cm³/mol. The van der Waals surface area contributed by atoms with Crippen molar-refractivity contribution in [1.29, 1.82) is 0 Å². The molecule has 1 aliphatic heterocycles. The van der Waals surface area contributed by atoms with Crippen LogP contribution in [0.5, 0.6) is 0 Å². The number of hydrogen-bond acceptors (Lipinski definition) is 4. The Hall–Kier alpha value is -1.82. The summed E-state index contributed by atoms with van der Waals surface area (Å²) in [6.45, 7) is 3.87. The molecule has 23 heavy (non-hydrogen) atoms. The molecule has 122 valence electrons. The van der Waals surface area contributed by atoms with Gasteiger partial charge in [-0.2, -0.15) is 0 Å². The van der Waals surface area contributed by atoms with Crippen LogP contribution in [0.2, 0.25) is 0 Å². The molecular weight excluding hydrogens is 310 g/mol. The maximum absolute atomic E-state index is 12.4. The summed E-state index contributed by atoms with van der Waals surface area (Å²) in [5.74, 6) is 1.06. The number of para-hydroxylation sites is 2. The van der Waals surface area contributed by atoms with E-state index in [0.717, 1.165) is 37.0 Å². The third-order valence-corrected chi connectivity index (χ3v) is 5.35. The number of piperidine rings is 1. The zero-order valence-corrected chi connectivity index (χ0v) is 14.3. The molecule has 0 saturated carbocycles. The number of amides is 1. The number of hydrogen-bond donors (Lipinski definition) is 0. The van der Waals surface area contributed by atoms with Crippen molar-refractivity contribution in [3.8, 4) is 0 Å². The van der Waals surface area contributed by atoms with Crippen molar-refractivity contribution in [2.75, 3.05) is 18.8 Å². The molecule has 5 nitrogen and oxygen atoms in total. The molecule has 1 amide bonds. The number of benzene rings is 1.